The summed E-state index contributed by atoms with van der Waals surface area (Å²) in [4.78, 5) is 17.4. The second-order valence-corrected chi connectivity index (χ2v) is 10.1. The van der Waals surface area contributed by atoms with Gasteiger partial charge in [-0.2, -0.15) is 0 Å². The Morgan fingerprint density at radius 1 is 0.800 bits per heavy atom. The molecule has 0 saturated heterocycles. The molecule has 0 spiro atoms. The van der Waals surface area contributed by atoms with Crippen molar-refractivity contribution in [2.75, 3.05) is 38.5 Å². The SMILES string of the molecule is CCOc1ccc(-c2nnc(SCC(=O)Nc3ccc(Br)cc3)nc2-c2ccc(OCC)c(OC)c2)cc1OC. The zero-order valence-electron chi connectivity index (χ0n) is 22.6. The van der Waals surface area contributed by atoms with E-state index < -0.39 is 0 Å². The summed E-state index contributed by atoms with van der Waals surface area (Å²) in [5.74, 6) is 2.32. The fourth-order valence-corrected chi connectivity index (χ4v) is 4.66. The summed E-state index contributed by atoms with van der Waals surface area (Å²) < 4.78 is 23.4. The van der Waals surface area contributed by atoms with Crippen molar-refractivity contribution in [2.45, 2.75) is 19.0 Å². The number of amides is 1. The molecule has 1 N–H and O–H groups in total. The first-order chi connectivity index (χ1) is 19.4. The highest BCUT2D eigenvalue weighted by Gasteiger charge is 2.19. The van der Waals surface area contributed by atoms with Crippen LogP contribution in [0.25, 0.3) is 22.5 Å². The molecule has 0 aliphatic rings. The van der Waals surface area contributed by atoms with Crippen molar-refractivity contribution in [3.8, 4) is 45.5 Å². The Morgan fingerprint density at radius 2 is 1.38 bits per heavy atom. The maximum absolute atomic E-state index is 12.6. The number of rotatable bonds is 12. The van der Waals surface area contributed by atoms with Gasteiger partial charge in [0, 0.05) is 21.3 Å². The second-order valence-electron chi connectivity index (χ2n) is 8.23. The smallest absolute Gasteiger partial charge is 0.234 e. The van der Waals surface area contributed by atoms with Crippen molar-refractivity contribution in [1.29, 1.82) is 0 Å². The summed E-state index contributed by atoms with van der Waals surface area (Å²) >= 11 is 4.59. The van der Waals surface area contributed by atoms with E-state index in [1.54, 1.807) is 14.2 Å². The minimum Gasteiger partial charge on any atom is -0.493 e. The lowest BCUT2D eigenvalue weighted by Crippen LogP contribution is -2.14. The number of nitrogens with zero attached hydrogens (tertiary/aromatic N) is 3. The van der Waals surface area contributed by atoms with Gasteiger partial charge in [0.05, 0.1) is 33.2 Å². The Balaban J connectivity index is 1.68. The van der Waals surface area contributed by atoms with Crippen LogP contribution in [0.4, 0.5) is 5.69 Å². The van der Waals surface area contributed by atoms with Gasteiger partial charge in [-0.25, -0.2) is 4.98 Å². The highest BCUT2D eigenvalue weighted by Crippen LogP contribution is 2.38. The predicted octanol–water partition coefficient (Wildman–Crippen LogP) is 6.51. The van der Waals surface area contributed by atoms with Crippen molar-refractivity contribution >= 4 is 39.3 Å². The van der Waals surface area contributed by atoms with Crippen LogP contribution in [0.5, 0.6) is 23.0 Å². The second kappa shape index (κ2) is 14.0. The molecule has 0 atom stereocenters. The van der Waals surface area contributed by atoms with Crippen LogP contribution in [0.2, 0.25) is 0 Å². The van der Waals surface area contributed by atoms with E-state index in [1.165, 1.54) is 11.8 Å². The Hall–Kier alpha value is -3.83. The molecule has 4 aromatic rings. The number of carbonyl (C=O) groups excluding carboxylic acids is 1. The third kappa shape index (κ3) is 7.22. The molecule has 1 heterocycles. The van der Waals surface area contributed by atoms with E-state index in [0.29, 0.717) is 58.4 Å². The first-order valence-electron chi connectivity index (χ1n) is 12.5. The van der Waals surface area contributed by atoms with Gasteiger partial charge < -0.3 is 24.3 Å². The molecule has 0 bridgehead atoms. The van der Waals surface area contributed by atoms with Gasteiger partial charge in [0.1, 0.15) is 11.4 Å². The number of halogens is 1. The molecule has 0 aliphatic heterocycles. The summed E-state index contributed by atoms with van der Waals surface area (Å²) in [6.45, 7) is 4.84. The third-order valence-electron chi connectivity index (χ3n) is 5.60. The molecule has 0 unspecified atom stereocenters. The van der Waals surface area contributed by atoms with Crippen LogP contribution in [-0.2, 0) is 4.79 Å². The van der Waals surface area contributed by atoms with Crippen molar-refractivity contribution in [2.24, 2.45) is 0 Å². The summed E-state index contributed by atoms with van der Waals surface area (Å²) in [6.07, 6.45) is 0. The molecule has 0 saturated carbocycles. The predicted molar refractivity (Wildman–Crippen MR) is 160 cm³/mol. The number of benzene rings is 3. The monoisotopic (exact) mass is 624 g/mol. The fourth-order valence-electron chi connectivity index (χ4n) is 3.81. The first-order valence-corrected chi connectivity index (χ1v) is 14.3. The van der Waals surface area contributed by atoms with Crippen LogP contribution < -0.4 is 24.3 Å². The highest BCUT2D eigenvalue weighted by molar-refractivity contribution is 9.10. The van der Waals surface area contributed by atoms with Crippen LogP contribution in [0.15, 0.2) is 70.3 Å². The van der Waals surface area contributed by atoms with Gasteiger partial charge in [0.15, 0.2) is 23.0 Å². The number of methoxy groups -OCH3 is 2. The van der Waals surface area contributed by atoms with Crippen LogP contribution in [0.3, 0.4) is 0 Å². The average Bonchev–Trinajstić information content (AvgIpc) is 2.98. The van der Waals surface area contributed by atoms with Gasteiger partial charge in [-0.05, 0) is 74.5 Å². The number of hydrogen-bond donors (Lipinski definition) is 1. The lowest BCUT2D eigenvalue weighted by Gasteiger charge is -2.14. The van der Waals surface area contributed by atoms with Crippen molar-refractivity contribution in [1.82, 2.24) is 15.2 Å². The average molecular weight is 626 g/mol. The van der Waals surface area contributed by atoms with Crippen molar-refractivity contribution in [3.05, 3.63) is 65.1 Å². The van der Waals surface area contributed by atoms with Gasteiger partial charge in [0.2, 0.25) is 11.1 Å². The number of ether oxygens (including phenoxy) is 4. The number of anilines is 1. The first kappa shape index (κ1) is 29.2. The molecule has 0 aliphatic carbocycles. The molecule has 11 heteroatoms. The van der Waals surface area contributed by atoms with E-state index in [2.05, 4.69) is 31.4 Å². The molecule has 0 radical (unpaired) electrons. The van der Waals surface area contributed by atoms with Crippen molar-refractivity contribution < 1.29 is 23.7 Å². The van der Waals surface area contributed by atoms with Gasteiger partial charge in [-0.15, -0.1) is 10.2 Å². The van der Waals surface area contributed by atoms with Crippen LogP contribution >= 0.6 is 27.7 Å². The van der Waals surface area contributed by atoms with E-state index in [4.69, 9.17) is 23.9 Å². The van der Waals surface area contributed by atoms with E-state index in [1.807, 2.05) is 74.5 Å². The molecular formula is C29H29BrN4O5S. The Morgan fingerprint density at radius 3 is 1.93 bits per heavy atom. The fraction of sp³-hybridized carbons (Fsp3) is 0.241. The minimum absolute atomic E-state index is 0.111. The topological polar surface area (TPSA) is 105 Å². The van der Waals surface area contributed by atoms with Crippen molar-refractivity contribution in [3.63, 3.8) is 0 Å². The number of thioether (sulfide) groups is 1. The zero-order valence-corrected chi connectivity index (χ0v) is 25.0. The maximum atomic E-state index is 12.6. The largest absolute Gasteiger partial charge is 0.493 e. The van der Waals surface area contributed by atoms with Gasteiger partial charge in [-0.3, -0.25) is 4.79 Å². The van der Waals surface area contributed by atoms with Crippen LogP contribution in [0, 0.1) is 0 Å². The molecule has 0 fully saturated rings. The minimum atomic E-state index is -0.180. The molecule has 9 nitrogen and oxygen atoms in total. The number of aromatic nitrogens is 3. The molecule has 1 amide bonds. The van der Waals surface area contributed by atoms with Crippen LogP contribution in [-0.4, -0.2) is 54.3 Å². The lowest BCUT2D eigenvalue weighted by molar-refractivity contribution is -0.113. The maximum Gasteiger partial charge on any atom is 0.234 e. The molecule has 40 heavy (non-hydrogen) atoms. The van der Waals surface area contributed by atoms with E-state index >= 15 is 0 Å². The summed E-state index contributed by atoms with van der Waals surface area (Å²) in [5.41, 5.74) is 3.30. The molecule has 4 rings (SSSR count). The Kier molecular flexibility index (Phi) is 10.2. The quantitative estimate of drug-likeness (QED) is 0.176. The van der Waals surface area contributed by atoms with E-state index in [0.717, 1.165) is 15.6 Å². The third-order valence-corrected chi connectivity index (χ3v) is 6.97. The summed E-state index contributed by atoms with van der Waals surface area (Å²) in [6, 6.07) is 18.5. The molecule has 208 valence electrons. The number of carbonyl (C=O) groups is 1. The normalized spacial score (nSPS) is 10.6. The number of hydrogen-bond acceptors (Lipinski definition) is 9. The lowest BCUT2D eigenvalue weighted by atomic mass is 10.0. The van der Waals surface area contributed by atoms with Gasteiger partial charge >= 0.3 is 0 Å². The highest BCUT2D eigenvalue weighted by atomic mass is 79.9. The molecular weight excluding hydrogens is 596 g/mol. The number of nitrogens with one attached hydrogen (secondary N) is 1. The molecule has 1 aromatic heterocycles. The standard InChI is InChI=1S/C29H29BrN4O5S/c1-5-38-22-13-7-18(15-24(22)36-3)27-28(19-8-14-23(39-6-2)25(16-19)37-4)33-34-29(32-27)40-17-26(35)31-21-11-9-20(30)10-12-21/h7-16H,5-6,17H2,1-4H3,(H,31,35). The Labute approximate surface area is 245 Å². The van der Waals surface area contributed by atoms with Gasteiger partial charge in [0.25, 0.3) is 0 Å². The summed E-state index contributed by atoms with van der Waals surface area (Å²) in [5, 5.41) is 12.1. The Bertz CT molecular complexity index is 1470. The van der Waals surface area contributed by atoms with E-state index in [9.17, 15) is 4.79 Å². The van der Waals surface area contributed by atoms with Crippen LogP contribution in [0.1, 0.15) is 13.8 Å². The molecule has 3 aromatic carbocycles. The summed E-state index contributed by atoms with van der Waals surface area (Å²) in [7, 11) is 3.17. The van der Waals surface area contributed by atoms with E-state index in [-0.39, 0.29) is 11.7 Å². The zero-order chi connectivity index (χ0) is 28.5. The van der Waals surface area contributed by atoms with Gasteiger partial charge in [-0.1, -0.05) is 27.7 Å².